The van der Waals surface area contributed by atoms with E-state index in [-0.39, 0.29) is 18.6 Å². The van der Waals surface area contributed by atoms with Gasteiger partial charge in [0.25, 0.3) is 0 Å². The highest BCUT2D eigenvalue weighted by Gasteiger charge is 2.25. The van der Waals surface area contributed by atoms with Crippen LogP contribution in [0.2, 0.25) is 0 Å². The van der Waals surface area contributed by atoms with Gasteiger partial charge in [0.15, 0.2) is 0 Å². The van der Waals surface area contributed by atoms with E-state index in [0.29, 0.717) is 6.61 Å². The summed E-state index contributed by atoms with van der Waals surface area (Å²) < 4.78 is 5.01. The third-order valence-electron chi connectivity index (χ3n) is 2.84. The number of urea groups is 1. The second kappa shape index (κ2) is 7.47. The summed E-state index contributed by atoms with van der Waals surface area (Å²) in [6.07, 6.45) is 0.794. The summed E-state index contributed by atoms with van der Waals surface area (Å²) in [7, 11) is 1.60. The van der Waals surface area contributed by atoms with Gasteiger partial charge in [0, 0.05) is 12.0 Å². The molecular weight excluding hydrogens is 264 g/mol. The van der Waals surface area contributed by atoms with Crippen LogP contribution < -0.4 is 10.6 Å². The lowest BCUT2D eigenvalue weighted by Gasteiger charge is -2.23. The molecule has 0 bridgehead atoms. The predicted octanol–water partition coefficient (Wildman–Crippen LogP) is 1.68. The minimum absolute atomic E-state index is 0.0170. The smallest absolute Gasteiger partial charge is 0.315 e. The summed E-state index contributed by atoms with van der Waals surface area (Å²) in [5.41, 5.74) is -1.05. The van der Waals surface area contributed by atoms with Crippen molar-refractivity contribution in [1.29, 1.82) is 0 Å². The van der Waals surface area contributed by atoms with Crippen molar-refractivity contribution in [3.05, 3.63) is 22.4 Å². The van der Waals surface area contributed by atoms with E-state index in [2.05, 4.69) is 10.6 Å². The van der Waals surface area contributed by atoms with Crippen LogP contribution in [-0.2, 0) is 10.3 Å². The normalized spacial score (nSPS) is 15.6. The highest BCUT2D eigenvalue weighted by atomic mass is 32.1. The fourth-order valence-corrected chi connectivity index (χ4v) is 2.41. The predicted molar refractivity (Wildman–Crippen MR) is 76.4 cm³/mol. The molecule has 0 radical (unpaired) electrons. The quantitative estimate of drug-likeness (QED) is 0.714. The lowest BCUT2D eigenvalue weighted by Crippen LogP contribution is -2.47. The number of methoxy groups -OCH3 is 1. The molecule has 1 aromatic rings. The highest BCUT2D eigenvalue weighted by Crippen LogP contribution is 2.24. The summed E-state index contributed by atoms with van der Waals surface area (Å²) in [4.78, 5) is 12.5. The standard InChI is InChI=1S/C13H22N2O3S/c1-4-10(8-18-3)15-12(16)14-9-13(2,17)11-6-5-7-19-11/h5-7,10,17H,4,8-9H2,1-3H3,(H2,14,15,16). The van der Waals surface area contributed by atoms with E-state index >= 15 is 0 Å². The lowest BCUT2D eigenvalue weighted by atomic mass is 10.1. The molecule has 2 atom stereocenters. The van der Waals surface area contributed by atoms with Crippen molar-refractivity contribution in [2.24, 2.45) is 0 Å². The van der Waals surface area contributed by atoms with Crippen LogP contribution in [0.1, 0.15) is 25.1 Å². The molecular formula is C13H22N2O3S. The fraction of sp³-hybridized carbons (Fsp3) is 0.615. The van der Waals surface area contributed by atoms with Gasteiger partial charge in [0.05, 0.1) is 19.2 Å². The molecule has 0 spiro atoms. The number of hydrogen-bond acceptors (Lipinski definition) is 4. The van der Waals surface area contributed by atoms with Gasteiger partial charge >= 0.3 is 6.03 Å². The Morgan fingerprint density at radius 1 is 1.63 bits per heavy atom. The largest absolute Gasteiger partial charge is 0.383 e. The minimum Gasteiger partial charge on any atom is -0.383 e. The maximum atomic E-state index is 11.7. The number of rotatable bonds is 7. The van der Waals surface area contributed by atoms with Crippen LogP contribution in [0.3, 0.4) is 0 Å². The zero-order chi connectivity index (χ0) is 14.3. The Labute approximate surface area is 118 Å². The summed E-state index contributed by atoms with van der Waals surface area (Å²) in [5, 5.41) is 17.6. The second-order valence-corrected chi connectivity index (χ2v) is 5.59. The Hall–Kier alpha value is -1.11. The van der Waals surface area contributed by atoms with Crippen molar-refractivity contribution in [3.63, 3.8) is 0 Å². The van der Waals surface area contributed by atoms with Crippen molar-refractivity contribution in [2.75, 3.05) is 20.3 Å². The first-order valence-corrected chi connectivity index (χ1v) is 7.17. The molecule has 0 fully saturated rings. The molecule has 1 rings (SSSR count). The molecule has 1 aromatic heterocycles. The summed E-state index contributed by atoms with van der Waals surface area (Å²) in [5.74, 6) is 0. The van der Waals surface area contributed by atoms with Crippen molar-refractivity contribution in [1.82, 2.24) is 10.6 Å². The molecule has 0 saturated heterocycles. The van der Waals surface area contributed by atoms with Crippen LogP contribution in [0, 0.1) is 0 Å². The summed E-state index contributed by atoms with van der Waals surface area (Å²) in [6.45, 7) is 4.31. The van der Waals surface area contributed by atoms with E-state index in [1.165, 1.54) is 11.3 Å². The Bertz CT molecular complexity index is 379. The molecule has 0 aliphatic carbocycles. The maximum Gasteiger partial charge on any atom is 0.315 e. The van der Waals surface area contributed by atoms with Crippen LogP contribution >= 0.6 is 11.3 Å². The van der Waals surface area contributed by atoms with Crippen molar-refractivity contribution >= 4 is 17.4 Å². The van der Waals surface area contributed by atoms with E-state index in [4.69, 9.17) is 4.74 Å². The lowest BCUT2D eigenvalue weighted by molar-refractivity contribution is 0.0627. The van der Waals surface area contributed by atoms with E-state index in [0.717, 1.165) is 11.3 Å². The SMILES string of the molecule is CCC(COC)NC(=O)NCC(C)(O)c1cccs1. The van der Waals surface area contributed by atoms with Crippen LogP contribution in [0.15, 0.2) is 17.5 Å². The Kier molecular flexibility index (Phi) is 6.27. The van der Waals surface area contributed by atoms with E-state index in [1.807, 2.05) is 24.4 Å². The topological polar surface area (TPSA) is 70.6 Å². The average Bonchev–Trinajstić information content (AvgIpc) is 2.90. The minimum atomic E-state index is -1.05. The van der Waals surface area contributed by atoms with Gasteiger partial charge in [-0.15, -0.1) is 11.3 Å². The number of aliphatic hydroxyl groups is 1. The first-order chi connectivity index (χ1) is 8.99. The van der Waals surface area contributed by atoms with Crippen molar-refractivity contribution in [2.45, 2.75) is 31.9 Å². The van der Waals surface area contributed by atoms with Gasteiger partial charge in [0.1, 0.15) is 5.60 Å². The van der Waals surface area contributed by atoms with Gasteiger partial charge in [-0.25, -0.2) is 4.79 Å². The van der Waals surface area contributed by atoms with Gasteiger partial charge in [-0.3, -0.25) is 0 Å². The molecule has 6 heteroatoms. The van der Waals surface area contributed by atoms with Gasteiger partial charge in [-0.2, -0.15) is 0 Å². The molecule has 5 nitrogen and oxygen atoms in total. The Balaban J connectivity index is 2.41. The molecule has 0 aliphatic heterocycles. The van der Waals surface area contributed by atoms with Gasteiger partial charge in [-0.1, -0.05) is 13.0 Å². The number of carbonyl (C=O) groups is 1. The van der Waals surface area contributed by atoms with Crippen LogP contribution in [-0.4, -0.2) is 37.4 Å². The number of ether oxygens (including phenoxy) is 1. The van der Waals surface area contributed by atoms with Crippen LogP contribution in [0.4, 0.5) is 4.79 Å². The third kappa shape index (κ3) is 5.18. The zero-order valence-corrected chi connectivity index (χ0v) is 12.4. The summed E-state index contributed by atoms with van der Waals surface area (Å²) in [6, 6.07) is 3.42. The van der Waals surface area contributed by atoms with Crippen molar-refractivity contribution in [3.8, 4) is 0 Å². The fourth-order valence-electron chi connectivity index (χ4n) is 1.62. The molecule has 3 N–H and O–H groups in total. The van der Waals surface area contributed by atoms with E-state index < -0.39 is 5.60 Å². The molecule has 0 aliphatic rings. The molecule has 19 heavy (non-hydrogen) atoms. The third-order valence-corrected chi connectivity index (χ3v) is 3.96. The molecule has 108 valence electrons. The maximum absolute atomic E-state index is 11.7. The molecule has 0 saturated carbocycles. The number of amides is 2. The van der Waals surface area contributed by atoms with Crippen LogP contribution in [0.5, 0.6) is 0 Å². The second-order valence-electron chi connectivity index (χ2n) is 4.64. The molecule has 2 amide bonds. The van der Waals surface area contributed by atoms with Crippen LogP contribution in [0.25, 0.3) is 0 Å². The Morgan fingerprint density at radius 3 is 2.89 bits per heavy atom. The average molecular weight is 286 g/mol. The highest BCUT2D eigenvalue weighted by molar-refractivity contribution is 7.10. The van der Waals surface area contributed by atoms with Gasteiger partial charge < -0.3 is 20.5 Å². The Morgan fingerprint density at radius 2 is 2.37 bits per heavy atom. The van der Waals surface area contributed by atoms with Gasteiger partial charge in [-0.05, 0) is 24.8 Å². The van der Waals surface area contributed by atoms with E-state index in [9.17, 15) is 9.90 Å². The number of hydrogen-bond donors (Lipinski definition) is 3. The number of carbonyl (C=O) groups excluding carboxylic acids is 1. The summed E-state index contributed by atoms with van der Waals surface area (Å²) >= 11 is 1.47. The first-order valence-electron chi connectivity index (χ1n) is 6.29. The molecule has 1 heterocycles. The monoisotopic (exact) mass is 286 g/mol. The zero-order valence-electron chi connectivity index (χ0n) is 11.6. The number of nitrogens with one attached hydrogen (secondary N) is 2. The number of thiophene rings is 1. The van der Waals surface area contributed by atoms with Crippen molar-refractivity contribution < 1.29 is 14.6 Å². The van der Waals surface area contributed by atoms with Gasteiger partial charge in [0.2, 0.25) is 0 Å². The van der Waals surface area contributed by atoms with E-state index in [1.54, 1.807) is 14.0 Å². The molecule has 0 aromatic carbocycles. The first kappa shape index (κ1) is 15.9. The molecule has 2 unspecified atom stereocenters.